The zero-order chi connectivity index (χ0) is 16.8. The van der Waals surface area contributed by atoms with E-state index in [0.29, 0.717) is 19.7 Å². The summed E-state index contributed by atoms with van der Waals surface area (Å²) in [7, 11) is 0. The van der Waals surface area contributed by atoms with Crippen molar-refractivity contribution in [1.82, 2.24) is 9.88 Å². The van der Waals surface area contributed by atoms with Gasteiger partial charge in [-0.25, -0.2) is 0 Å². The highest BCUT2D eigenvalue weighted by Crippen LogP contribution is 2.14. The molecule has 1 atom stereocenters. The van der Waals surface area contributed by atoms with Crippen LogP contribution in [0.1, 0.15) is 28.8 Å². The molecule has 1 fully saturated rings. The molecule has 24 heavy (non-hydrogen) atoms. The summed E-state index contributed by atoms with van der Waals surface area (Å²) in [5.74, 6) is -0.215. The quantitative estimate of drug-likeness (QED) is 0.916. The number of aromatic nitrogens is 1. The van der Waals surface area contributed by atoms with Gasteiger partial charge in [-0.05, 0) is 37.0 Å². The predicted molar refractivity (Wildman–Crippen MR) is 92.1 cm³/mol. The zero-order valence-corrected chi connectivity index (χ0v) is 13.6. The summed E-state index contributed by atoms with van der Waals surface area (Å²) in [6, 6.07) is 13.6. The van der Waals surface area contributed by atoms with Crippen molar-refractivity contribution < 1.29 is 9.53 Å². The molecule has 2 heterocycles. The van der Waals surface area contributed by atoms with Crippen LogP contribution in [0.4, 0.5) is 0 Å². The number of ether oxygens (including phenoxy) is 1. The summed E-state index contributed by atoms with van der Waals surface area (Å²) < 4.78 is 5.78. The molecule has 126 valence electrons. The SMILES string of the molecule is O=C(c1ccc[nH]c1=O)N1CCO[C@H](CCCc2ccccc2)C1. The number of aromatic amines is 1. The molecule has 0 spiro atoms. The number of hydrogen-bond donors (Lipinski definition) is 1. The summed E-state index contributed by atoms with van der Waals surface area (Å²) in [6.07, 6.45) is 4.50. The number of aryl methyl sites for hydroxylation is 1. The Morgan fingerprint density at radius 1 is 1.21 bits per heavy atom. The van der Waals surface area contributed by atoms with E-state index in [-0.39, 0.29) is 23.1 Å². The van der Waals surface area contributed by atoms with Crippen molar-refractivity contribution in [3.05, 3.63) is 70.1 Å². The number of carbonyl (C=O) groups excluding carboxylic acids is 1. The summed E-state index contributed by atoms with van der Waals surface area (Å²) in [5.41, 5.74) is 1.18. The molecule has 0 saturated carbocycles. The van der Waals surface area contributed by atoms with Crippen molar-refractivity contribution >= 4 is 5.91 Å². The van der Waals surface area contributed by atoms with E-state index >= 15 is 0 Å². The number of nitrogens with zero attached hydrogens (tertiary/aromatic N) is 1. The van der Waals surface area contributed by atoms with Gasteiger partial charge in [-0.2, -0.15) is 0 Å². The molecule has 0 bridgehead atoms. The lowest BCUT2D eigenvalue weighted by atomic mass is 10.0. The molecule has 1 saturated heterocycles. The lowest BCUT2D eigenvalue weighted by molar-refractivity contribution is -0.0255. The van der Waals surface area contributed by atoms with Crippen molar-refractivity contribution in [3.8, 4) is 0 Å². The third-order valence-electron chi connectivity index (χ3n) is 4.31. The maximum atomic E-state index is 12.5. The van der Waals surface area contributed by atoms with E-state index in [1.807, 2.05) is 18.2 Å². The molecule has 3 rings (SSSR count). The molecule has 1 aromatic carbocycles. The summed E-state index contributed by atoms with van der Waals surface area (Å²) in [4.78, 5) is 28.6. The molecule has 1 amide bonds. The summed E-state index contributed by atoms with van der Waals surface area (Å²) >= 11 is 0. The van der Waals surface area contributed by atoms with Gasteiger partial charge in [0.15, 0.2) is 0 Å². The molecule has 0 aliphatic carbocycles. The van der Waals surface area contributed by atoms with Crippen LogP contribution >= 0.6 is 0 Å². The zero-order valence-electron chi connectivity index (χ0n) is 13.6. The number of benzene rings is 1. The molecule has 1 aliphatic rings. The summed E-state index contributed by atoms with van der Waals surface area (Å²) in [5, 5.41) is 0. The number of rotatable bonds is 5. The number of nitrogens with one attached hydrogen (secondary N) is 1. The van der Waals surface area contributed by atoms with Crippen LogP contribution in [-0.4, -0.2) is 41.6 Å². The Morgan fingerprint density at radius 2 is 2.04 bits per heavy atom. The number of morpholine rings is 1. The molecular formula is C19H22N2O3. The highest BCUT2D eigenvalue weighted by molar-refractivity contribution is 5.93. The van der Waals surface area contributed by atoms with Crippen LogP contribution in [0.5, 0.6) is 0 Å². The van der Waals surface area contributed by atoms with E-state index in [2.05, 4.69) is 17.1 Å². The van der Waals surface area contributed by atoms with E-state index in [1.165, 1.54) is 11.8 Å². The van der Waals surface area contributed by atoms with Gasteiger partial charge in [-0.3, -0.25) is 9.59 Å². The summed E-state index contributed by atoms with van der Waals surface area (Å²) in [6.45, 7) is 1.59. The van der Waals surface area contributed by atoms with Crippen LogP contribution in [0, 0.1) is 0 Å². The molecular weight excluding hydrogens is 304 g/mol. The van der Waals surface area contributed by atoms with Crippen molar-refractivity contribution in [2.45, 2.75) is 25.4 Å². The Kier molecular flexibility index (Phi) is 5.43. The maximum absolute atomic E-state index is 12.5. The monoisotopic (exact) mass is 326 g/mol. The smallest absolute Gasteiger partial charge is 0.260 e. The molecule has 0 unspecified atom stereocenters. The second-order valence-electron chi connectivity index (χ2n) is 6.03. The number of hydrogen-bond acceptors (Lipinski definition) is 3. The minimum atomic E-state index is -0.338. The lowest BCUT2D eigenvalue weighted by Gasteiger charge is -2.33. The highest BCUT2D eigenvalue weighted by atomic mass is 16.5. The normalized spacial score (nSPS) is 17.7. The average molecular weight is 326 g/mol. The maximum Gasteiger partial charge on any atom is 0.260 e. The van der Waals surface area contributed by atoms with Gasteiger partial charge in [0.1, 0.15) is 5.56 Å². The van der Waals surface area contributed by atoms with E-state index in [0.717, 1.165) is 19.3 Å². The van der Waals surface area contributed by atoms with Crippen LogP contribution < -0.4 is 5.56 Å². The Morgan fingerprint density at radius 3 is 2.83 bits per heavy atom. The standard InChI is InChI=1S/C19H22N2O3/c22-18-17(10-5-11-20-18)19(23)21-12-13-24-16(14-21)9-4-8-15-6-2-1-3-7-15/h1-3,5-7,10-11,16H,4,8-9,12-14H2,(H,20,22)/t16-/m1/s1. The Balaban J connectivity index is 1.53. The number of pyridine rings is 1. The predicted octanol–water partition coefficient (Wildman–Crippen LogP) is 2.24. The topological polar surface area (TPSA) is 62.4 Å². The first kappa shape index (κ1) is 16.5. The van der Waals surface area contributed by atoms with Crippen molar-refractivity contribution in [1.29, 1.82) is 0 Å². The highest BCUT2D eigenvalue weighted by Gasteiger charge is 2.26. The fourth-order valence-electron chi connectivity index (χ4n) is 3.02. The Bertz CT molecular complexity index is 727. The van der Waals surface area contributed by atoms with E-state index in [9.17, 15) is 9.59 Å². The van der Waals surface area contributed by atoms with E-state index in [4.69, 9.17) is 4.74 Å². The molecule has 5 nitrogen and oxygen atoms in total. The van der Waals surface area contributed by atoms with Gasteiger partial charge in [0.25, 0.3) is 11.5 Å². The van der Waals surface area contributed by atoms with Crippen LogP contribution in [0.3, 0.4) is 0 Å². The number of H-pyrrole nitrogens is 1. The van der Waals surface area contributed by atoms with E-state index in [1.54, 1.807) is 17.0 Å². The Labute approximate surface area is 141 Å². The van der Waals surface area contributed by atoms with E-state index < -0.39 is 0 Å². The Hall–Kier alpha value is -2.40. The molecule has 0 radical (unpaired) electrons. The van der Waals surface area contributed by atoms with Crippen molar-refractivity contribution in [2.75, 3.05) is 19.7 Å². The van der Waals surface area contributed by atoms with Gasteiger partial charge < -0.3 is 14.6 Å². The molecule has 1 aliphatic heterocycles. The fourth-order valence-corrected chi connectivity index (χ4v) is 3.02. The first-order chi connectivity index (χ1) is 11.7. The van der Waals surface area contributed by atoms with Crippen molar-refractivity contribution in [3.63, 3.8) is 0 Å². The largest absolute Gasteiger partial charge is 0.375 e. The number of carbonyl (C=O) groups is 1. The first-order valence-corrected chi connectivity index (χ1v) is 8.36. The number of amides is 1. The van der Waals surface area contributed by atoms with Crippen LogP contribution in [0.25, 0.3) is 0 Å². The first-order valence-electron chi connectivity index (χ1n) is 8.36. The van der Waals surface area contributed by atoms with Crippen molar-refractivity contribution in [2.24, 2.45) is 0 Å². The third kappa shape index (κ3) is 4.11. The van der Waals surface area contributed by atoms with Crippen LogP contribution in [-0.2, 0) is 11.2 Å². The van der Waals surface area contributed by atoms with Gasteiger partial charge in [-0.1, -0.05) is 30.3 Å². The molecule has 5 heteroatoms. The lowest BCUT2D eigenvalue weighted by Crippen LogP contribution is -2.46. The molecule has 2 aromatic rings. The molecule has 1 aromatic heterocycles. The van der Waals surface area contributed by atoms with Gasteiger partial charge in [0.2, 0.25) is 0 Å². The minimum Gasteiger partial charge on any atom is -0.375 e. The molecule has 1 N–H and O–H groups in total. The van der Waals surface area contributed by atoms with Gasteiger partial charge in [-0.15, -0.1) is 0 Å². The second-order valence-corrected chi connectivity index (χ2v) is 6.03. The van der Waals surface area contributed by atoms with Crippen LogP contribution in [0.2, 0.25) is 0 Å². The van der Waals surface area contributed by atoms with Gasteiger partial charge in [0.05, 0.1) is 12.7 Å². The van der Waals surface area contributed by atoms with Crippen LogP contribution in [0.15, 0.2) is 53.5 Å². The fraction of sp³-hybridized carbons (Fsp3) is 0.368. The second kappa shape index (κ2) is 7.93. The van der Waals surface area contributed by atoms with Gasteiger partial charge in [0, 0.05) is 19.3 Å². The average Bonchev–Trinajstić information content (AvgIpc) is 2.63. The third-order valence-corrected chi connectivity index (χ3v) is 4.31. The minimum absolute atomic E-state index is 0.0363. The van der Waals surface area contributed by atoms with Gasteiger partial charge >= 0.3 is 0 Å².